The SMILES string of the molecule is Cl.O=C(Nc1ccc(Cl)cn1)C(Sc1ccc(F)cc1)c1ccc(Cl)cc1. The molecule has 0 saturated carbocycles. The standard InChI is InChI=1S/C19H13Cl2FN2OS.ClH/c20-13-3-1-12(2-4-13)18(26-16-8-6-15(22)7-9-16)19(25)24-17-10-5-14(21)11-23-17;/h1-11,18H,(H,23,24,25);1H. The molecule has 3 rings (SSSR count). The average Bonchev–Trinajstić information content (AvgIpc) is 2.64. The number of thioether (sulfide) groups is 1. The molecule has 1 N–H and O–H groups in total. The molecular weight excluding hydrogens is 430 g/mol. The maximum atomic E-state index is 13.1. The Morgan fingerprint density at radius 3 is 2.19 bits per heavy atom. The van der Waals surface area contributed by atoms with Crippen molar-refractivity contribution in [3.05, 3.63) is 88.3 Å². The van der Waals surface area contributed by atoms with Gasteiger partial charge in [-0.25, -0.2) is 9.37 Å². The topological polar surface area (TPSA) is 42.0 Å². The summed E-state index contributed by atoms with van der Waals surface area (Å²) in [6, 6.07) is 16.3. The number of benzene rings is 2. The highest BCUT2D eigenvalue weighted by molar-refractivity contribution is 8.00. The second kappa shape index (κ2) is 9.95. The molecule has 3 nitrogen and oxygen atoms in total. The molecule has 2 aromatic carbocycles. The zero-order valence-electron chi connectivity index (χ0n) is 13.7. The van der Waals surface area contributed by atoms with Crippen LogP contribution in [0, 0.1) is 5.82 Å². The molecule has 0 fully saturated rings. The number of anilines is 1. The summed E-state index contributed by atoms with van der Waals surface area (Å²) in [6.45, 7) is 0. The molecule has 0 aliphatic carbocycles. The minimum Gasteiger partial charge on any atom is -0.309 e. The van der Waals surface area contributed by atoms with E-state index < -0.39 is 5.25 Å². The molecule has 0 saturated heterocycles. The van der Waals surface area contributed by atoms with Gasteiger partial charge in [-0.2, -0.15) is 0 Å². The van der Waals surface area contributed by atoms with Crippen molar-refractivity contribution in [2.24, 2.45) is 0 Å². The first kappa shape index (κ1) is 21.5. The van der Waals surface area contributed by atoms with Crippen LogP contribution >= 0.6 is 47.4 Å². The van der Waals surface area contributed by atoms with Crippen LogP contribution in [0.25, 0.3) is 0 Å². The van der Waals surface area contributed by atoms with Crippen molar-refractivity contribution in [2.75, 3.05) is 5.32 Å². The number of nitrogens with zero attached hydrogens (tertiary/aromatic N) is 1. The Kier molecular flexibility index (Phi) is 7.92. The number of nitrogens with one attached hydrogen (secondary N) is 1. The Bertz CT molecular complexity index is 890. The van der Waals surface area contributed by atoms with Gasteiger partial charge >= 0.3 is 0 Å². The summed E-state index contributed by atoms with van der Waals surface area (Å²) in [5.41, 5.74) is 0.773. The lowest BCUT2D eigenvalue weighted by molar-refractivity contribution is -0.115. The highest BCUT2D eigenvalue weighted by Gasteiger charge is 2.22. The predicted octanol–water partition coefficient (Wildman–Crippen LogP) is 6.42. The molecule has 8 heteroatoms. The zero-order chi connectivity index (χ0) is 18.5. The number of aromatic nitrogens is 1. The molecule has 1 unspecified atom stereocenters. The van der Waals surface area contributed by atoms with Crippen LogP contribution in [0.4, 0.5) is 10.2 Å². The molecule has 0 aliphatic rings. The minimum atomic E-state index is -0.560. The molecule has 27 heavy (non-hydrogen) atoms. The van der Waals surface area contributed by atoms with Crippen molar-refractivity contribution in [3.63, 3.8) is 0 Å². The average molecular weight is 444 g/mol. The van der Waals surface area contributed by atoms with Gasteiger partial charge in [0.2, 0.25) is 5.91 Å². The van der Waals surface area contributed by atoms with E-state index in [0.717, 1.165) is 10.5 Å². The number of pyridine rings is 1. The molecule has 0 radical (unpaired) electrons. The Hall–Kier alpha value is -1.79. The van der Waals surface area contributed by atoms with Crippen LogP contribution in [0.3, 0.4) is 0 Å². The molecule has 1 atom stereocenters. The fraction of sp³-hybridized carbons (Fsp3) is 0.0526. The van der Waals surface area contributed by atoms with Crippen LogP contribution < -0.4 is 5.32 Å². The highest BCUT2D eigenvalue weighted by atomic mass is 35.5. The van der Waals surface area contributed by atoms with Gasteiger partial charge in [0.15, 0.2) is 0 Å². The van der Waals surface area contributed by atoms with Crippen LogP contribution in [-0.2, 0) is 4.79 Å². The molecule has 0 spiro atoms. The van der Waals surface area contributed by atoms with Crippen molar-refractivity contribution >= 4 is 59.1 Å². The van der Waals surface area contributed by atoms with Gasteiger partial charge in [-0.3, -0.25) is 4.79 Å². The molecule has 1 heterocycles. The van der Waals surface area contributed by atoms with Crippen LogP contribution in [0.15, 0.2) is 71.8 Å². The van der Waals surface area contributed by atoms with Crippen LogP contribution in [0.1, 0.15) is 10.8 Å². The van der Waals surface area contributed by atoms with Gasteiger partial charge < -0.3 is 5.32 Å². The number of halogens is 4. The van der Waals surface area contributed by atoms with E-state index in [1.165, 1.54) is 30.1 Å². The lowest BCUT2D eigenvalue weighted by Gasteiger charge is -2.17. The van der Waals surface area contributed by atoms with E-state index in [4.69, 9.17) is 23.2 Å². The number of carbonyl (C=O) groups excluding carboxylic acids is 1. The first-order chi connectivity index (χ1) is 12.5. The van der Waals surface area contributed by atoms with E-state index in [1.54, 1.807) is 48.5 Å². The summed E-state index contributed by atoms with van der Waals surface area (Å²) in [4.78, 5) is 17.7. The fourth-order valence-electron chi connectivity index (χ4n) is 2.20. The largest absolute Gasteiger partial charge is 0.309 e. The van der Waals surface area contributed by atoms with E-state index in [-0.39, 0.29) is 24.1 Å². The fourth-order valence-corrected chi connectivity index (χ4v) is 3.46. The maximum Gasteiger partial charge on any atom is 0.243 e. The van der Waals surface area contributed by atoms with Crippen molar-refractivity contribution in [3.8, 4) is 0 Å². The summed E-state index contributed by atoms with van der Waals surface area (Å²) in [5, 5.41) is 3.28. The van der Waals surface area contributed by atoms with Crippen LogP contribution in [0.5, 0.6) is 0 Å². The van der Waals surface area contributed by atoms with Crippen LogP contribution in [-0.4, -0.2) is 10.9 Å². The van der Waals surface area contributed by atoms with Gasteiger partial charge in [-0.05, 0) is 54.1 Å². The van der Waals surface area contributed by atoms with Crippen molar-refractivity contribution < 1.29 is 9.18 Å². The quantitative estimate of drug-likeness (QED) is 0.463. The van der Waals surface area contributed by atoms with Gasteiger partial charge in [-0.1, -0.05) is 35.3 Å². The number of hydrogen-bond donors (Lipinski definition) is 1. The number of rotatable bonds is 5. The van der Waals surface area contributed by atoms with Crippen molar-refractivity contribution in [1.29, 1.82) is 0 Å². The third kappa shape index (κ3) is 6.11. The zero-order valence-corrected chi connectivity index (χ0v) is 16.9. The Labute approximate surface area is 176 Å². The van der Waals surface area contributed by atoms with E-state index in [9.17, 15) is 9.18 Å². The van der Waals surface area contributed by atoms with Gasteiger partial charge in [0, 0.05) is 16.1 Å². The smallest absolute Gasteiger partial charge is 0.243 e. The lowest BCUT2D eigenvalue weighted by atomic mass is 10.1. The van der Waals surface area contributed by atoms with Crippen molar-refractivity contribution in [1.82, 2.24) is 4.98 Å². The second-order valence-corrected chi connectivity index (χ2v) is 7.41. The molecular formula is C19H14Cl3FN2OS. The molecule has 1 amide bonds. The van der Waals surface area contributed by atoms with Gasteiger partial charge in [0.25, 0.3) is 0 Å². The molecule has 1 aromatic heterocycles. The van der Waals surface area contributed by atoms with E-state index in [0.29, 0.717) is 15.9 Å². The summed E-state index contributed by atoms with van der Waals surface area (Å²) in [6.07, 6.45) is 1.46. The van der Waals surface area contributed by atoms with Gasteiger partial charge in [-0.15, -0.1) is 24.2 Å². The summed E-state index contributed by atoms with van der Waals surface area (Å²) >= 11 is 13.1. The Morgan fingerprint density at radius 1 is 0.963 bits per heavy atom. The van der Waals surface area contributed by atoms with E-state index in [2.05, 4.69) is 10.3 Å². The van der Waals surface area contributed by atoms with Crippen molar-refractivity contribution in [2.45, 2.75) is 10.1 Å². The number of hydrogen-bond acceptors (Lipinski definition) is 3. The lowest BCUT2D eigenvalue weighted by Crippen LogP contribution is -2.19. The first-order valence-electron chi connectivity index (χ1n) is 7.61. The second-order valence-electron chi connectivity index (χ2n) is 5.35. The van der Waals surface area contributed by atoms with E-state index >= 15 is 0 Å². The predicted molar refractivity (Wildman–Crippen MR) is 112 cm³/mol. The minimum absolute atomic E-state index is 0. The summed E-state index contributed by atoms with van der Waals surface area (Å²) in [7, 11) is 0. The third-order valence-electron chi connectivity index (χ3n) is 3.46. The van der Waals surface area contributed by atoms with Gasteiger partial charge in [0.05, 0.1) is 5.02 Å². The first-order valence-corrected chi connectivity index (χ1v) is 9.25. The normalized spacial score (nSPS) is 11.4. The molecule has 140 valence electrons. The molecule has 0 bridgehead atoms. The monoisotopic (exact) mass is 442 g/mol. The Balaban J connectivity index is 0.00000261. The van der Waals surface area contributed by atoms with Crippen LogP contribution in [0.2, 0.25) is 10.0 Å². The summed E-state index contributed by atoms with van der Waals surface area (Å²) in [5.74, 6) is -0.179. The third-order valence-corrected chi connectivity index (χ3v) is 5.20. The number of amides is 1. The summed E-state index contributed by atoms with van der Waals surface area (Å²) < 4.78 is 13.1. The number of carbonyl (C=O) groups is 1. The highest BCUT2D eigenvalue weighted by Crippen LogP contribution is 2.36. The molecule has 3 aromatic rings. The maximum absolute atomic E-state index is 13.1. The molecule has 0 aliphatic heterocycles. The van der Waals surface area contributed by atoms with E-state index in [1.807, 2.05) is 0 Å². The Morgan fingerprint density at radius 2 is 1.59 bits per heavy atom. The van der Waals surface area contributed by atoms with Gasteiger partial charge in [0.1, 0.15) is 16.9 Å².